The second-order valence-electron chi connectivity index (χ2n) is 3.42. The lowest BCUT2D eigenvalue weighted by Gasteiger charge is -2.13. The van der Waals surface area contributed by atoms with E-state index in [1.54, 1.807) is 12.1 Å². The topological polar surface area (TPSA) is 20.3 Å². The van der Waals surface area contributed by atoms with Crippen LogP contribution in [0.5, 0.6) is 0 Å². The standard InChI is InChI=1S/C7H5ClOS2.C6H15N/c8-5-3-1-2-4-6(5)11-7(9)10;1-4-7(5-2)6-3/h1-4H,(H,9,10);4-6H2,1-3H3. The molecular weight excluding hydrogens is 286 g/mol. The molecule has 1 aromatic carbocycles. The van der Waals surface area contributed by atoms with Gasteiger partial charge < -0.3 is 4.90 Å². The molecule has 0 unspecified atom stereocenters. The normalized spacial score (nSPS) is 9.89. The van der Waals surface area contributed by atoms with Gasteiger partial charge in [-0.1, -0.05) is 57.1 Å². The summed E-state index contributed by atoms with van der Waals surface area (Å²) in [5.74, 6) is 0. The number of thiol groups is 1. The van der Waals surface area contributed by atoms with Gasteiger partial charge in [0.15, 0.2) is 0 Å². The van der Waals surface area contributed by atoms with Crippen LogP contribution in [-0.4, -0.2) is 29.0 Å². The molecule has 2 nitrogen and oxygen atoms in total. The van der Waals surface area contributed by atoms with Crippen molar-refractivity contribution in [1.29, 1.82) is 0 Å². The van der Waals surface area contributed by atoms with Crippen LogP contribution in [0.4, 0.5) is 4.79 Å². The Morgan fingerprint density at radius 3 is 2.06 bits per heavy atom. The second-order valence-corrected chi connectivity index (χ2v) is 5.55. The van der Waals surface area contributed by atoms with Crippen molar-refractivity contribution in [2.45, 2.75) is 25.7 Å². The largest absolute Gasteiger partial charge is 0.304 e. The van der Waals surface area contributed by atoms with E-state index in [1.807, 2.05) is 12.1 Å². The first-order valence-corrected chi connectivity index (χ1v) is 7.56. The summed E-state index contributed by atoms with van der Waals surface area (Å²) < 4.78 is -0.252. The molecule has 0 heterocycles. The summed E-state index contributed by atoms with van der Waals surface area (Å²) >= 11 is 10.4. The van der Waals surface area contributed by atoms with Gasteiger partial charge in [-0.2, -0.15) is 0 Å². The molecule has 0 aliphatic rings. The Kier molecular flexibility index (Phi) is 10.6. The van der Waals surface area contributed by atoms with Crippen molar-refractivity contribution < 1.29 is 4.79 Å². The molecule has 0 aromatic heterocycles. The molecule has 1 rings (SSSR count). The molecule has 0 N–H and O–H groups in total. The predicted octanol–water partition coefficient (Wildman–Crippen LogP) is 4.83. The molecular formula is C13H20ClNOS2. The molecule has 0 fully saturated rings. The maximum Gasteiger partial charge on any atom is 0.247 e. The molecule has 0 radical (unpaired) electrons. The quantitative estimate of drug-likeness (QED) is 0.635. The first-order valence-electron chi connectivity index (χ1n) is 5.92. The number of carbonyl (C=O) groups excluding carboxylic acids is 1. The molecule has 5 heteroatoms. The zero-order valence-corrected chi connectivity index (χ0v) is 13.5. The summed E-state index contributed by atoms with van der Waals surface area (Å²) in [6.07, 6.45) is 0. The van der Waals surface area contributed by atoms with E-state index in [0.717, 1.165) is 16.7 Å². The highest BCUT2D eigenvalue weighted by atomic mass is 35.5. The minimum atomic E-state index is -0.252. The van der Waals surface area contributed by atoms with Crippen LogP contribution < -0.4 is 0 Å². The summed E-state index contributed by atoms with van der Waals surface area (Å²) in [6.45, 7) is 10.1. The van der Waals surface area contributed by atoms with Crippen LogP contribution >= 0.6 is 36.0 Å². The molecule has 18 heavy (non-hydrogen) atoms. The van der Waals surface area contributed by atoms with Crippen molar-refractivity contribution >= 4 is 40.4 Å². The third-order valence-corrected chi connectivity index (χ3v) is 3.84. The van der Waals surface area contributed by atoms with E-state index in [9.17, 15) is 4.79 Å². The Labute approximate surface area is 124 Å². The van der Waals surface area contributed by atoms with Crippen LogP contribution in [-0.2, 0) is 0 Å². The Morgan fingerprint density at radius 2 is 1.72 bits per heavy atom. The summed E-state index contributed by atoms with van der Waals surface area (Å²) in [7, 11) is 0. The lowest BCUT2D eigenvalue weighted by Crippen LogP contribution is -2.21. The van der Waals surface area contributed by atoms with Crippen LogP contribution in [0.25, 0.3) is 0 Å². The Hall–Kier alpha value is -0.160. The van der Waals surface area contributed by atoms with Gasteiger partial charge in [-0.15, -0.1) is 0 Å². The van der Waals surface area contributed by atoms with Crippen LogP contribution in [0.2, 0.25) is 5.02 Å². The van der Waals surface area contributed by atoms with Crippen LogP contribution in [0, 0.1) is 0 Å². The fourth-order valence-corrected chi connectivity index (χ4v) is 2.34. The van der Waals surface area contributed by atoms with Gasteiger partial charge in [-0.3, -0.25) is 4.79 Å². The average Bonchev–Trinajstić information content (AvgIpc) is 2.35. The van der Waals surface area contributed by atoms with Gasteiger partial charge in [0.2, 0.25) is 4.45 Å². The summed E-state index contributed by atoms with van der Waals surface area (Å²) in [5.41, 5.74) is 0. The zero-order chi connectivity index (χ0) is 14.0. The maximum atomic E-state index is 10.5. The van der Waals surface area contributed by atoms with Gasteiger partial charge in [0.25, 0.3) is 0 Å². The minimum Gasteiger partial charge on any atom is -0.304 e. The molecule has 0 bridgehead atoms. The van der Waals surface area contributed by atoms with Crippen LogP contribution in [0.15, 0.2) is 29.2 Å². The van der Waals surface area contributed by atoms with Crippen molar-refractivity contribution in [1.82, 2.24) is 4.90 Å². The smallest absolute Gasteiger partial charge is 0.247 e. The number of benzene rings is 1. The minimum absolute atomic E-state index is 0.252. The number of rotatable bonds is 4. The van der Waals surface area contributed by atoms with Gasteiger partial charge in [0.1, 0.15) is 0 Å². The molecule has 0 amide bonds. The number of hydrogen-bond acceptors (Lipinski definition) is 3. The fourth-order valence-electron chi connectivity index (χ4n) is 1.29. The first-order chi connectivity index (χ1) is 8.54. The third-order valence-electron chi connectivity index (χ3n) is 2.38. The molecule has 0 atom stereocenters. The SMILES string of the molecule is CCN(CC)CC.O=C(S)Sc1ccccc1Cl. The van der Waals surface area contributed by atoms with E-state index in [4.69, 9.17) is 11.6 Å². The molecule has 1 aromatic rings. The lowest BCUT2D eigenvalue weighted by molar-refractivity contribution is 0.277. The van der Waals surface area contributed by atoms with E-state index < -0.39 is 0 Å². The monoisotopic (exact) mass is 305 g/mol. The summed E-state index contributed by atoms with van der Waals surface area (Å²) in [6, 6.07) is 7.15. The zero-order valence-electron chi connectivity index (χ0n) is 11.0. The molecule has 0 aliphatic carbocycles. The summed E-state index contributed by atoms with van der Waals surface area (Å²) in [5, 5.41) is 0.583. The van der Waals surface area contributed by atoms with E-state index in [-0.39, 0.29) is 4.45 Å². The van der Waals surface area contributed by atoms with E-state index in [1.165, 1.54) is 19.6 Å². The molecule has 0 saturated heterocycles. The lowest BCUT2D eigenvalue weighted by atomic mass is 10.4. The molecule has 0 aliphatic heterocycles. The average molecular weight is 306 g/mol. The Morgan fingerprint density at radius 1 is 1.22 bits per heavy atom. The Balaban J connectivity index is 0.000000360. The van der Waals surface area contributed by atoms with Gasteiger partial charge in [0.05, 0.1) is 5.02 Å². The highest BCUT2D eigenvalue weighted by Gasteiger charge is 2.02. The van der Waals surface area contributed by atoms with E-state index >= 15 is 0 Å². The van der Waals surface area contributed by atoms with Gasteiger partial charge in [0, 0.05) is 4.90 Å². The van der Waals surface area contributed by atoms with Crippen molar-refractivity contribution in [3.63, 3.8) is 0 Å². The maximum absolute atomic E-state index is 10.5. The van der Waals surface area contributed by atoms with E-state index in [0.29, 0.717) is 5.02 Å². The number of halogens is 1. The molecule has 102 valence electrons. The van der Waals surface area contributed by atoms with Crippen molar-refractivity contribution in [3.05, 3.63) is 29.3 Å². The number of carbonyl (C=O) groups is 1. The fraction of sp³-hybridized carbons (Fsp3) is 0.462. The second kappa shape index (κ2) is 10.7. The molecule has 0 saturated carbocycles. The number of thioether (sulfide) groups is 1. The van der Waals surface area contributed by atoms with E-state index in [2.05, 4.69) is 38.3 Å². The van der Waals surface area contributed by atoms with Crippen molar-refractivity contribution in [2.75, 3.05) is 19.6 Å². The van der Waals surface area contributed by atoms with Gasteiger partial charge >= 0.3 is 0 Å². The van der Waals surface area contributed by atoms with Gasteiger partial charge in [-0.25, -0.2) is 0 Å². The number of nitrogens with zero attached hydrogens (tertiary/aromatic N) is 1. The van der Waals surface area contributed by atoms with Crippen molar-refractivity contribution in [2.24, 2.45) is 0 Å². The highest BCUT2D eigenvalue weighted by Crippen LogP contribution is 2.28. The first kappa shape index (κ1) is 17.8. The predicted molar refractivity (Wildman–Crippen MR) is 85.2 cm³/mol. The van der Waals surface area contributed by atoms with Crippen LogP contribution in [0.1, 0.15) is 20.8 Å². The Bertz CT molecular complexity index is 351. The highest BCUT2D eigenvalue weighted by molar-refractivity contribution is 8.32. The van der Waals surface area contributed by atoms with Gasteiger partial charge in [-0.05, 0) is 43.5 Å². The summed E-state index contributed by atoms with van der Waals surface area (Å²) in [4.78, 5) is 13.7. The third kappa shape index (κ3) is 8.03. The number of hydrogen-bond donors (Lipinski definition) is 1. The molecule has 0 spiro atoms. The van der Waals surface area contributed by atoms with Crippen molar-refractivity contribution in [3.8, 4) is 0 Å². The van der Waals surface area contributed by atoms with Crippen LogP contribution in [0.3, 0.4) is 0 Å².